The Balaban J connectivity index is 1.91. The van der Waals surface area contributed by atoms with Crippen molar-refractivity contribution in [3.8, 4) is 0 Å². The minimum absolute atomic E-state index is 0.0447. The third-order valence-electron chi connectivity index (χ3n) is 6.19. The minimum atomic E-state index is -0.206. The fraction of sp³-hybridized carbons (Fsp3) is 0.400. The standard InChI is InChI=1S/C20H21N5/c1-19(2)12-7-21-6-5-15(12)25-16-10-23-11-24-18(16)20(3,4)14-9-22-8-13(19)17(14)25/h5-12,15H,1-4H3. The lowest BCUT2D eigenvalue weighted by Crippen LogP contribution is -2.54. The molecule has 2 aromatic heterocycles. The summed E-state index contributed by atoms with van der Waals surface area (Å²) in [4.78, 5) is 20.4. The summed E-state index contributed by atoms with van der Waals surface area (Å²) in [5.41, 5.74) is 5.68. The molecular formula is C20H21N5. The van der Waals surface area contributed by atoms with Gasteiger partial charge in [-0.15, -0.1) is 0 Å². The van der Waals surface area contributed by atoms with E-state index in [4.69, 9.17) is 0 Å². The predicted molar refractivity (Wildman–Crippen MR) is 98.5 cm³/mol. The van der Waals surface area contributed by atoms with Gasteiger partial charge in [-0.05, 0) is 19.9 Å². The van der Waals surface area contributed by atoms with Gasteiger partial charge in [0, 0.05) is 52.7 Å². The molecule has 3 aliphatic rings. The minimum Gasteiger partial charge on any atom is -0.330 e. The second-order valence-corrected chi connectivity index (χ2v) is 8.21. The van der Waals surface area contributed by atoms with Gasteiger partial charge in [0.2, 0.25) is 0 Å². The van der Waals surface area contributed by atoms with Gasteiger partial charge in [-0.3, -0.25) is 9.98 Å². The maximum Gasteiger partial charge on any atom is 0.115 e. The molecule has 0 amide bonds. The monoisotopic (exact) mass is 331 g/mol. The van der Waals surface area contributed by atoms with E-state index in [1.807, 2.05) is 24.8 Å². The fourth-order valence-corrected chi connectivity index (χ4v) is 4.71. The zero-order valence-corrected chi connectivity index (χ0v) is 14.9. The summed E-state index contributed by atoms with van der Waals surface area (Å²) >= 11 is 0. The van der Waals surface area contributed by atoms with E-state index in [1.165, 1.54) is 16.8 Å². The first-order valence-corrected chi connectivity index (χ1v) is 8.72. The molecule has 0 fully saturated rings. The molecule has 5 nitrogen and oxygen atoms in total. The third-order valence-corrected chi connectivity index (χ3v) is 6.19. The molecule has 0 aromatic carbocycles. The van der Waals surface area contributed by atoms with E-state index in [1.54, 1.807) is 6.33 Å². The Morgan fingerprint density at radius 2 is 1.80 bits per heavy atom. The highest BCUT2D eigenvalue weighted by molar-refractivity contribution is 5.85. The smallest absolute Gasteiger partial charge is 0.115 e. The van der Waals surface area contributed by atoms with Crippen LogP contribution in [0.3, 0.4) is 0 Å². The summed E-state index contributed by atoms with van der Waals surface area (Å²) in [6, 6.07) is 0.210. The van der Waals surface area contributed by atoms with Gasteiger partial charge in [0.1, 0.15) is 6.33 Å². The lowest BCUT2D eigenvalue weighted by molar-refractivity contribution is 0.352. The molecule has 2 unspecified atom stereocenters. The van der Waals surface area contributed by atoms with Gasteiger partial charge in [0.05, 0.1) is 29.3 Å². The Labute approximate surface area is 147 Å². The molecule has 2 atom stereocenters. The van der Waals surface area contributed by atoms with E-state index >= 15 is 0 Å². The number of hydrogen-bond acceptors (Lipinski definition) is 5. The van der Waals surface area contributed by atoms with E-state index in [-0.39, 0.29) is 22.8 Å². The average Bonchev–Trinajstić information content (AvgIpc) is 2.61. The predicted octanol–water partition coefficient (Wildman–Crippen LogP) is 3.52. The van der Waals surface area contributed by atoms with Gasteiger partial charge < -0.3 is 4.90 Å². The molecule has 0 aliphatic carbocycles. The van der Waals surface area contributed by atoms with Crippen molar-refractivity contribution < 1.29 is 0 Å². The summed E-state index contributed by atoms with van der Waals surface area (Å²) < 4.78 is 0. The van der Waals surface area contributed by atoms with Crippen LogP contribution >= 0.6 is 0 Å². The second-order valence-electron chi connectivity index (χ2n) is 8.21. The highest BCUT2D eigenvalue weighted by atomic mass is 15.2. The van der Waals surface area contributed by atoms with Crippen LogP contribution in [0.25, 0.3) is 0 Å². The molecule has 5 rings (SSSR count). The number of pyridine rings is 1. The van der Waals surface area contributed by atoms with E-state index in [0.29, 0.717) is 0 Å². The third kappa shape index (κ3) is 1.68. The molecule has 0 N–H and O–H groups in total. The van der Waals surface area contributed by atoms with Gasteiger partial charge in [-0.25, -0.2) is 9.97 Å². The van der Waals surface area contributed by atoms with Gasteiger partial charge in [-0.1, -0.05) is 13.8 Å². The number of anilines is 2. The Morgan fingerprint density at radius 1 is 1.00 bits per heavy atom. The first kappa shape index (κ1) is 14.8. The molecule has 5 heterocycles. The van der Waals surface area contributed by atoms with Gasteiger partial charge >= 0.3 is 0 Å². The van der Waals surface area contributed by atoms with Crippen LogP contribution in [0, 0.1) is 5.92 Å². The molecule has 2 aromatic rings. The Morgan fingerprint density at radius 3 is 2.64 bits per heavy atom. The molecule has 126 valence electrons. The lowest BCUT2D eigenvalue weighted by atomic mass is 9.63. The van der Waals surface area contributed by atoms with E-state index in [9.17, 15) is 0 Å². The molecular weight excluding hydrogens is 310 g/mol. The van der Waals surface area contributed by atoms with Crippen molar-refractivity contribution >= 4 is 17.6 Å². The van der Waals surface area contributed by atoms with E-state index < -0.39 is 0 Å². The Kier molecular flexibility index (Phi) is 2.68. The van der Waals surface area contributed by atoms with Crippen LogP contribution in [0.2, 0.25) is 0 Å². The lowest BCUT2D eigenvalue weighted by Gasteiger charge is -2.54. The summed E-state index contributed by atoms with van der Waals surface area (Å²) in [6.07, 6.45) is 13.8. The number of nitrogens with zero attached hydrogens (tertiary/aromatic N) is 5. The molecule has 25 heavy (non-hydrogen) atoms. The Hall–Kier alpha value is -2.56. The SMILES string of the molecule is CC1(C)c2cncc3c2N(c2cncnc21)C1C=CN=CC1C3(C)C. The summed E-state index contributed by atoms with van der Waals surface area (Å²) in [7, 11) is 0. The zero-order chi connectivity index (χ0) is 17.4. The highest BCUT2D eigenvalue weighted by Crippen LogP contribution is 2.57. The van der Waals surface area contributed by atoms with Gasteiger partial charge in [0.15, 0.2) is 0 Å². The van der Waals surface area contributed by atoms with Crippen molar-refractivity contribution in [2.45, 2.75) is 44.6 Å². The number of aliphatic imine (C=N–C) groups is 1. The second kappa shape index (κ2) is 4.54. The Bertz CT molecular complexity index is 941. The van der Waals surface area contributed by atoms with Crippen molar-refractivity contribution in [2.24, 2.45) is 10.9 Å². The largest absolute Gasteiger partial charge is 0.330 e. The molecule has 0 spiro atoms. The van der Waals surface area contributed by atoms with Crippen molar-refractivity contribution in [1.29, 1.82) is 0 Å². The molecule has 3 aliphatic heterocycles. The van der Waals surface area contributed by atoms with Crippen LogP contribution in [0.4, 0.5) is 11.4 Å². The summed E-state index contributed by atoms with van der Waals surface area (Å²) in [6.45, 7) is 9.05. The quantitative estimate of drug-likeness (QED) is 0.741. The number of fused-ring (bicyclic) bond motifs is 4. The topological polar surface area (TPSA) is 54.3 Å². The van der Waals surface area contributed by atoms with E-state index in [2.05, 4.69) is 64.8 Å². The molecule has 0 bridgehead atoms. The average molecular weight is 331 g/mol. The first-order chi connectivity index (χ1) is 11.9. The number of rotatable bonds is 0. The van der Waals surface area contributed by atoms with Crippen molar-refractivity contribution in [3.63, 3.8) is 0 Å². The summed E-state index contributed by atoms with van der Waals surface area (Å²) in [5, 5.41) is 0. The van der Waals surface area contributed by atoms with Crippen molar-refractivity contribution in [1.82, 2.24) is 15.0 Å². The van der Waals surface area contributed by atoms with Gasteiger partial charge in [-0.2, -0.15) is 0 Å². The normalized spacial score (nSPS) is 26.6. The zero-order valence-electron chi connectivity index (χ0n) is 14.9. The fourth-order valence-electron chi connectivity index (χ4n) is 4.71. The maximum absolute atomic E-state index is 4.66. The van der Waals surface area contributed by atoms with Crippen LogP contribution in [0.15, 0.2) is 42.2 Å². The van der Waals surface area contributed by atoms with Crippen molar-refractivity contribution in [2.75, 3.05) is 4.90 Å². The highest BCUT2D eigenvalue weighted by Gasteiger charge is 2.51. The van der Waals surface area contributed by atoms with Crippen LogP contribution in [0.1, 0.15) is 44.5 Å². The first-order valence-electron chi connectivity index (χ1n) is 8.72. The van der Waals surface area contributed by atoms with Crippen LogP contribution < -0.4 is 4.90 Å². The van der Waals surface area contributed by atoms with Crippen LogP contribution in [0.5, 0.6) is 0 Å². The number of aromatic nitrogens is 3. The molecule has 0 saturated heterocycles. The summed E-state index contributed by atoms with van der Waals surface area (Å²) in [5.74, 6) is 0.274. The number of hydrogen-bond donors (Lipinski definition) is 0. The van der Waals surface area contributed by atoms with Gasteiger partial charge in [0.25, 0.3) is 0 Å². The van der Waals surface area contributed by atoms with Crippen molar-refractivity contribution in [3.05, 3.63) is 54.0 Å². The van der Waals surface area contributed by atoms with Crippen LogP contribution in [-0.2, 0) is 10.8 Å². The van der Waals surface area contributed by atoms with Crippen LogP contribution in [-0.4, -0.2) is 27.2 Å². The maximum atomic E-state index is 4.66. The molecule has 0 radical (unpaired) electrons. The van der Waals surface area contributed by atoms with E-state index in [0.717, 1.165) is 11.4 Å². The molecule has 5 heteroatoms. The molecule has 0 saturated carbocycles.